The number of amides is 3. The van der Waals surface area contributed by atoms with Crippen molar-refractivity contribution in [3.63, 3.8) is 0 Å². The van der Waals surface area contributed by atoms with Crippen LogP contribution in [-0.2, 0) is 9.59 Å². The van der Waals surface area contributed by atoms with Crippen molar-refractivity contribution >= 4 is 40.9 Å². The van der Waals surface area contributed by atoms with Crippen LogP contribution in [0.25, 0.3) is 0 Å². The SMILES string of the molecule is Cc1ccccc1NC(=O)CN1C(=O)CSc2ccc(C(=O)N3CCCC3)cc21. The Bertz CT molecular complexity index is 970. The molecule has 7 heteroatoms. The van der Waals surface area contributed by atoms with E-state index in [4.69, 9.17) is 0 Å². The number of benzene rings is 2. The summed E-state index contributed by atoms with van der Waals surface area (Å²) < 4.78 is 0. The topological polar surface area (TPSA) is 69.7 Å². The van der Waals surface area contributed by atoms with Gasteiger partial charge in [0.05, 0.1) is 11.4 Å². The summed E-state index contributed by atoms with van der Waals surface area (Å²) in [5.41, 5.74) is 2.89. The molecule has 1 fully saturated rings. The van der Waals surface area contributed by atoms with Crippen LogP contribution in [0.15, 0.2) is 47.4 Å². The van der Waals surface area contributed by atoms with Crippen molar-refractivity contribution in [3.05, 3.63) is 53.6 Å². The largest absolute Gasteiger partial charge is 0.339 e. The molecular formula is C22H23N3O3S. The highest BCUT2D eigenvalue weighted by Gasteiger charge is 2.28. The minimum Gasteiger partial charge on any atom is -0.339 e. The third-order valence-electron chi connectivity index (χ3n) is 5.26. The van der Waals surface area contributed by atoms with E-state index in [1.807, 2.05) is 48.2 Å². The zero-order valence-electron chi connectivity index (χ0n) is 16.3. The summed E-state index contributed by atoms with van der Waals surface area (Å²) in [7, 11) is 0. The van der Waals surface area contributed by atoms with E-state index < -0.39 is 0 Å². The predicted octanol–water partition coefficient (Wildman–Crippen LogP) is 3.31. The molecule has 2 aliphatic rings. The molecule has 0 aromatic heterocycles. The number of carbonyl (C=O) groups is 3. The van der Waals surface area contributed by atoms with E-state index in [0.29, 0.717) is 11.3 Å². The number of anilines is 2. The highest BCUT2D eigenvalue weighted by molar-refractivity contribution is 8.00. The van der Waals surface area contributed by atoms with Crippen LogP contribution in [0.5, 0.6) is 0 Å². The number of thioether (sulfide) groups is 1. The fourth-order valence-electron chi connectivity index (χ4n) is 3.66. The van der Waals surface area contributed by atoms with Crippen molar-refractivity contribution in [1.29, 1.82) is 0 Å². The lowest BCUT2D eigenvalue weighted by atomic mass is 10.1. The second-order valence-corrected chi connectivity index (χ2v) is 8.33. The quantitative estimate of drug-likeness (QED) is 0.841. The normalized spacial score (nSPS) is 16.0. The van der Waals surface area contributed by atoms with Gasteiger partial charge in [-0.25, -0.2) is 0 Å². The first-order valence-corrected chi connectivity index (χ1v) is 10.7. The molecule has 4 rings (SSSR count). The van der Waals surface area contributed by atoms with Gasteiger partial charge >= 0.3 is 0 Å². The molecule has 0 radical (unpaired) electrons. The molecule has 0 saturated carbocycles. The third-order valence-corrected chi connectivity index (χ3v) is 6.31. The Kier molecular flexibility index (Phi) is 5.58. The highest BCUT2D eigenvalue weighted by Crippen LogP contribution is 2.36. The standard InChI is InChI=1S/C22H23N3O3S/c1-15-6-2-3-7-17(15)23-20(26)13-25-18-12-16(22(28)24-10-4-5-11-24)8-9-19(18)29-14-21(25)27/h2-3,6-9,12H,4-5,10-11,13-14H2,1H3,(H,23,26). The Labute approximate surface area is 174 Å². The number of likely N-dealkylation sites (tertiary alicyclic amines) is 1. The summed E-state index contributed by atoms with van der Waals surface area (Å²) in [5.74, 6) is -0.128. The van der Waals surface area contributed by atoms with Crippen molar-refractivity contribution in [2.45, 2.75) is 24.7 Å². The first-order chi connectivity index (χ1) is 14.0. The van der Waals surface area contributed by atoms with Gasteiger partial charge in [0.1, 0.15) is 6.54 Å². The second-order valence-electron chi connectivity index (χ2n) is 7.31. The molecule has 3 amide bonds. The van der Waals surface area contributed by atoms with E-state index in [1.165, 1.54) is 16.7 Å². The average Bonchev–Trinajstić information content (AvgIpc) is 3.26. The van der Waals surface area contributed by atoms with Gasteiger partial charge in [0.15, 0.2) is 0 Å². The first kappa shape index (κ1) is 19.5. The van der Waals surface area contributed by atoms with E-state index in [-0.39, 0.29) is 30.0 Å². The van der Waals surface area contributed by atoms with Crippen LogP contribution in [0.3, 0.4) is 0 Å². The van der Waals surface area contributed by atoms with Crippen molar-refractivity contribution < 1.29 is 14.4 Å². The summed E-state index contributed by atoms with van der Waals surface area (Å²) >= 11 is 1.44. The van der Waals surface area contributed by atoms with Gasteiger partial charge in [-0.05, 0) is 49.6 Å². The molecule has 0 spiro atoms. The molecule has 2 aromatic carbocycles. The van der Waals surface area contributed by atoms with E-state index in [1.54, 1.807) is 6.07 Å². The van der Waals surface area contributed by atoms with Gasteiger partial charge in [-0.15, -0.1) is 11.8 Å². The maximum absolute atomic E-state index is 12.8. The Morgan fingerprint density at radius 3 is 2.62 bits per heavy atom. The van der Waals surface area contributed by atoms with Crippen molar-refractivity contribution in [3.8, 4) is 0 Å². The number of aryl methyl sites for hydroxylation is 1. The minimum absolute atomic E-state index is 0.0161. The number of hydrogen-bond donors (Lipinski definition) is 1. The van der Waals surface area contributed by atoms with E-state index in [2.05, 4.69) is 5.32 Å². The number of nitrogens with zero attached hydrogens (tertiary/aromatic N) is 2. The smallest absolute Gasteiger partial charge is 0.253 e. The zero-order valence-corrected chi connectivity index (χ0v) is 17.1. The van der Waals surface area contributed by atoms with Crippen LogP contribution in [0.2, 0.25) is 0 Å². The fraction of sp³-hybridized carbons (Fsp3) is 0.318. The van der Waals surface area contributed by atoms with E-state index in [9.17, 15) is 14.4 Å². The summed E-state index contributed by atoms with van der Waals surface area (Å²) in [6.45, 7) is 3.38. The van der Waals surface area contributed by atoms with Crippen LogP contribution in [0.1, 0.15) is 28.8 Å². The van der Waals surface area contributed by atoms with Crippen molar-refractivity contribution in [2.24, 2.45) is 0 Å². The molecule has 1 saturated heterocycles. The molecule has 1 N–H and O–H groups in total. The molecule has 2 aromatic rings. The number of nitrogens with one attached hydrogen (secondary N) is 1. The van der Waals surface area contributed by atoms with Crippen LogP contribution in [-0.4, -0.2) is 48.0 Å². The summed E-state index contributed by atoms with van der Waals surface area (Å²) in [5, 5.41) is 2.88. The van der Waals surface area contributed by atoms with Gasteiger partial charge in [-0.1, -0.05) is 18.2 Å². The lowest BCUT2D eigenvalue weighted by molar-refractivity contribution is -0.120. The number of rotatable bonds is 4. The molecule has 0 bridgehead atoms. The molecular weight excluding hydrogens is 386 g/mol. The first-order valence-electron chi connectivity index (χ1n) is 9.75. The Balaban J connectivity index is 1.56. The van der Waals surface area contributed by atoms with Gasteiger partial charge < -0.3 is 15.1 Å². The molecule has 0 unspecified atom stereocenters. The van der Waals surface area contributed by atoms with Crippen molar-refractivity contribution in [1.82, 2.24) is 4.90 Å². The Hall–Kier alpha value is -2.80. The zero-order chi connectivity index (χ0) is 20.4. The summed E-state index contributed by atoms with van der Waals surface area (Å²) in [6, 6.07) is 13.0. The molecule has 2 heterocycles. The van der Waals surface area contributed by atoms with E-state index >= 15 is 0 Å². The number of hydrogen-bond acceptors (Lipinski definition) is 4. The maximum Gasteiger partial charge on any atom is 0.253 e. The van der Waals surface area contributed by atoms with Crippen LogP contribution < -0.4 is 10.2 Å². The molecule has 6 nitrogen and oxygen atoms in total. The van der Waals surface area contributed by atoms with Gasteiger partial charge in [0.25, 0.3) is 5.91 Å². The van der Waals surface area contributed by atoms with Gasteiger partial charge in [0, 0.05) is 29.2 Å². The Morgan fingerprint density at radius 1 is 1.10 bits per heavy atom. The van der Waals surface area contributed by atoms with Crippen LogP contribution in [0.4, 0.5) is 11.4 Å². The van der Waals surface area contributed by atoms with Gasteiger partial charge in [-0.2, -0.15) is 0 Å². The Morgan fingerprint density at radius 2 is 1.86 bits per heavy atom. The molecule has 0 atom stereocenters. The monoisotopic (exact) mass is 409 g/mol. The maximum atomic E-state index is 12.8. The van der Waals surface area contributed by atoms with Crippen LogP contribution in [0, 0.1) is 6.92 Å². The fourth-order valence-corrected chi connectivity index (χ4v) is 4.57. The van der Waals surface area contributed by atoms with Crippen molar-refractivity contribution in [2.75, 3.05) is 35.6 Å². The lowest BCUT2D eigenvalue weighted by Crippen LogP contribution is -2.41. The molecule has 2 aliphatic heterocycles. The highest BCUT2D eigenvalue weighted by atomic mass is 32.2. The lowest BCUT2D eigenvalue weighted by Gasteiger charge is -2.29. The number of carbonyl (C=O) groups excluding carboxylic acids is 3. The summed E-state index contributed by atoms with van der Waals surface area (Å²) in [6.07, 6.45) is 2.05. The molecule has 150 valence electrons. The van der Waals surface area contributed by atoms with E-state index in [0.717, 1.165) is 42.1 Å². The summed E-state index contributed by atoms with van der Waals surface area (Å²) in [4.78, 5) is 42.2. The van der Waals surface area contributed by atoms with Gasteiger partial charge in [-0.3, -0.25) is 14.4 Å². The minimum atomic E-state index is -0.262. The van der Waals surface area contributed by atoms with Crippen LogP contribution >= 0.6 is 11.8 Å². The number of fused-ring (bicyclic) bond motifs is 1. The van der Waals surface area contributed by atoms with Gasteiger partial charge in [0.2, 0.25) is 11.8 Å². The third kappa shape index (κ3) is 4.15. The predicted molar refractivity (Wildman–Crippen MR) is 114 cm³/mol. The average molecular weight is 410 g/mol. The molecule has 29 heavy (non-hydrogen) atoms. The second kappa shape index (κ2) is 8.29. The number of para-hydroxylation sites is 1. The molecule has 0 aliphatic carbocycles.